The first-order chi connectivity index (χ1) is 7.36. The molecule has 1 heterocycles. The molecule has 1 rings (SSSR count). The van der Waals surface area contributed by atoms with Crippen molar-refractivity contribution in [1.29, 1.82) is 0 Å². The number of hydrogen-bond donors (Lipinski definition) is 2. The Kier molecular flexibility index (Phi) is 4.44. The number of halogens is 2. The maximum atomic E-state index is 11.5. The van der Waals surface area contributed by atoms with E-state index in [1.807, 2.05) is 13.8 Å². The summed E-state index contributed by atoms with van der Waals surface area (Å²) in [6.07, 6.45) is 1.31. The second kappa shape index (κ2) is 5.23. The monoisotopic (exact) mass is 266 g/mol. The summed E-state index contributed by atoms with van der Waals surface area (Å²) in [4.78, 5) is 22.5. The summed E-state index contributed by atoms with van der Waals surface area (Å²) in [7, 11) is 0. The summed E-state index contributed by atoms with van der Waals surface area (Å²) < 4.78 is 0. The lowest BCUT2D eigenvalue weighted by Gasteiger charge is -2.31. The molecule has 1 aliphatic heterocycles. The summed E-state index contributed by atoms with van der Waals surface area (Å²) >= 11 is 11.7. The molecule has 0 bridgehead atoms. The van der Waals surface area contributed by atoms with Crippen LogP contribution in [0.15, 0.2) is 0 Å². The molecule has 92 valence electrons. The summed E-state index contributed by atoms with van der Waals surface area (Å²) in [6, 6.07) is -0.955. The Morgan fingerprint density at radius 1 is 1.44 bits per heavy atom. The molecule has 16 heavy (non-hydrogen) atoms. The zero-order valence-corrected chi connectivity index (χ0v) is 10.9. The maximum absolute atomic E-state index is 11.5. The first-order valence-electron chi connectivity index (χ1n) is 5.18. The molecule has 1 fully saturated rings. The number of hydrogen-bond acceptors (Lipinski definition) is 2. The van der Waals surface area contributed by atoms with Gasteiger partial charge in [0.15, 0.2) is 0 Å². The molecule has 0 radical (unpaired) electrons. The van der Waals surface area contributed by atoms with E-state index in [-0.39, 0.29) is 16.7 Å². The van der Waals surface area contributed by atoms with E-state index < -0.39 is 12.1 Å². The third-order valence-corrected chi connectivity index (χ3v) is 3.32. The largest absolute Gasteiger partial charge is 0.325 e. The Hall–Kier alpha value is -0.480. The molecule has 0 aliphatic carbocycles. The Labute approximate surface area is 105 Å². The SMILES string of the molecule is CC(C)(CC(Cl)CCCl)C1NC(=O)NC1=O. The lowest BCUT2D eigenvalue weighted by molar-refractivity contribution is -0.122. The van der Waals surface area contributed by atoms with Crippen LogP contribution in [-0.2, 0) is 4.79 Å². The molecular formula is C10H16Cl2N2O2. The van der Waals surface area contributed by atoms with Crippen LogP contribution < -0.4 is 10.6 Å². The van der Waals surface area contributed by atoms with E-state index in [9.17, 15) is 9.59 Å². The summed E-state index contributed by atoms with van der Waals surface area (Å²) in [5.41, 5.74) is -0.380. The predicted octanol–water partition coefficient (Wildman–Crippen LogP) is 1.85. The molecule has 0 aromatic heterocycles. The molecule has 2 atom stereocenters. The number of amides is 3. The minimum atomic E-state index is -0.517. The van der Waals surface area contributed by atoms with Crippen molar-refractivity contribution in [3.63, 3.8) is 0 Å². The predicted molar refractivity (Wildman–Crippen MR) is 63.8 cm³/mol. The van der Waals surface area contributed by atoms with Crippen molar-refractivity contribution >= 4 is 35.1 Å². The maximum Gasteiger partial charge on any atom is 0.322 e. The molecule has 6 heteroatoms. The molecule has 1 saturated heterocycles. The molecule has 0 aromatic carbocycles. The zero-order chi connectivity index (χ0) is 12.3. The highest BCUT2D eigenvalue weighted by Crippen LogP contribution is 2.31. The molecule has 2 N–H and O–H groups in total. The number of alkyl halides is 2. The highest BCUT2D eigenvalue weighted by Gasteiger charge is 2.42. The van der Waals surface area contributed by atoms with Crippen molar-refractivity contribution in [3.05, 3.63) is 0 Å². The first-order valence-corrected chi connectivity index (χ1v) is 6.15. The van der Waals surface area contributed by atoms with Crippen LogP contribution in [0.4, 0.5) is 4.79 Å². The van der Waals surface area contributed by atoms with Gasteiger partial charge in [0, 0.05) is 11.3 Å². The van der Waals surface area contributed by atoms with Crippen molar-refractivity contribution in [2.45, 2.75) is 38.1 Å². The Morgan fingerprint density at radius 2 is 2.06 bits per heavy atom. The Morgan fingerprint density at radius 3 is 2.50 bits per heavy atom. The Bertz CT molecular complexity index is 295. The molecule has 4 nitrogen and oxygen atoms in total. The van der Waals surface area contributed by atoms with E-state index in [1.165, 1.54) is 0 Å². The number of carbonyl (C=O) groups is 2. The van der Waals surface area contributed by atoms with Gasteiger partial charge in [-0.3, -0.25) is 10.1 Å². The second-order valence-electron chi connectivity index (χ2n) is 4.66. The fourth-order valence-electron chi connectivity index (χ4n) is 1.88. The van der Waals surface area contributed by atoms with Crippen molar-refractivity contribution in [2.75, 3.05) is 5.88 Å². The number of imide groups is 1. The van der Waals surface area contributed by atoms with Crippen LogP contribution >= 0.6 is 23.2 Å². The van der Waals surface area contributed by atoms with E-state index >= 15 is 0 Å². The highest BCUT2D eigenvalue weighted by atomic mass is 35.5. The van der Waals surface area contributed by atoms with Crippen molar-refractivity contribution in [2.24, 2.45) is 5.41 Å². The second-order valence-corrected chi connectivity index (χ2v) is 5.66. The number of rotatable bonds is 5. The summed E-state index contributed by atoms with van der Waals surface area (Å²) in [5.74, 6) is 0.206. The van der Waals surface area contributed by atoms with E-state index in [2.05, 4.69) is 10.6 Å². The van der Waals surface area contributed by atoms with Crippen LogP contribution in [0.2, 0.25) is 0 Å². The van der Waals surface area contributed by atoms with Crippen molar-refractivity contribution < 1.29 is 9.59 Å². The molecule has 0 spiro atoms. The van der Waals surface area contributed by atoms with Crippen LogP contribution in [-0.4, -0.2) is 29.2 Å². The molecule has 2 unspecified atom stereocenters. The van der Waals surface area contributed by atoms with Crippen LogP contribution in [0.5, 0.6) is 0 Å². The van der Waals surface area contributed by atoms with Gasteiger partial charge in [-0.15, -0.1) is 23.2 Å². The summed E-state index contributed by atoms with van der Waals surface area (Å²) in [6.45, 7) is 3.82. The molecule has 1 aliphatic rings. The fourth-order valence-corrected chi connectivity index (χ4v) is 2.76. The van der Waals surface area contributed by atoms with Gasteiger partial charge in [-0.05, 0) is 18.3 Å². The van der Waals surface area contributed by atoms with Gasteiger partial charge in [-0.1, -0.05) is 13.8 Å². The number of urea groups is 1. The van der Waals surface area contributed by atoms with Crippen LogP contribution in [0.1, 0.15) is 26.7 Å². The van der Waals surface area contributed by atoms with Crippen LogP contribution in [0, 0.1) is 5.41 Å². The number of carbonyl (C=O) groups excluding carboxylic acids is 2. The minimum absolute atomic E-state index is 0.0854. The van der Waals surface area contributed by atoms with Gasteiger partial charge in [-0.25, -0.2) is 4.79 Å². The molecular weight excluding hydrogens is 251 g/mol. The van der Waals surface area contributed by atoms with Gasteiger partial charge in [0.2, 0.25) is 0 Å². The van der Waals surface area contributed by atoms with Gasteiger partial charge >= 0.3 is 6.03 Å². The number of nitrogens with one attached hydrogen (secondary N) is 2. The average Bonchev–Trinajstić information content (AvgIpc) is 2.45. The molecule has 0 saturated carbocycles. The lowest BCUT2D eigenvalue weighted by Crippen LogP contribution is -2.44. The van der Waals surface area contributed by atoms with Gasteiger partial charge in [0.05, 0.1) is 0 Å². The van der Waals surface area contributed by atoms with Crippen LogP contribution in [0.3, 0.4) is 0 Å². The summed E-state index contributed by atoms with van der Waals surface area (Å²) in [5, 5.41) is 4.73. The van der Waals surface area contributed by atoms with Gasteiger partial charge in [0.1, 0.15) is 6.04 Å². The fraction of sp³-hybridized carbons (Fsp3) is 0.800. The normalized spacial score (nSPS) is 22.9. The lowest BCUT2D eigenvalue weighted by atomic mass is 9.79. The standard InChI is InChI=1S/C10H16Cl2N2O2/c1-10(2,5-6(12)3-4-11)7-8(15)14-9(16)13-7/h6-7H,3-5H2,1-2H3,(H2,13,14,15,16). The Balaban J connectivity index is 2.62. The average molecular weight is 267 g/mol. The van der Waals surface area contributed by atoms with Crippen LogP contribution in [0.25, 0.3) is 0 Å². The quantitative estimate of drug-likeness (QED) is 0.590. The van der Waals surface area contributed by atoms with E-state index in [0.29, 0.717) is 18.7 Å². The van der Waals surface area contributed by atoms with Gasteiger partial charge < -0.3 is 5.32 Å². The third-order valence-electron chi connectivity index (χ3n) is 2.73. The van der Waals surface area contributed by atoms with E-state index in [4.69, 9.17) is 23.2 Å². The minimum Gasteiger partial charge on any atom is -0.325 e. The highest BCUT2D eigenvalue weighted by molar-refractivity contribution is 6.22. The van der Waals surface area contributed by atoms with Gasteiger partial charge in [-0.2, -0.15) is 0 Å². The third kappa shape index (κ3) is 3.25. The smallest absolute Gasteiger partial charge is 0.322 e. The topological polar surface area (TPSA) is 58.2 Å². The molecule has 3 amide bonds. The molecule has 0 aromatic rings. The van der Waals surface area contributed by atoms with Crippen molar-refractivity contribution in [1.82, 2.24) is 10.6 Å². The van der Waals surface area contributed by atoms with E-state index in [0.717, 1.165) is 0 Å². The van der Waals surface area contributed by atoms with Crippen molar-refractivity contribution in [3.8, 4) is 0 Å². The first kappa shape index (κ1) is 13.6. The van der Waals surface area contributed by atoms with Gasteiger partial charge in [0.25, 0.3) is 5.91 Å². The zero-order valence-electron chi connectivity index (χ0n) is 9.35. The van der Waals surface area contributed by atoms with E-state index in [1.54, 1.807) is 0 Å².